The minimum Gasteiger partial charge on any atom is -0.496 e. The molecular weight excluding hydrogens is 206 g/mol. The molecule has 1 aromatic rings. The van der Waals surface area contributed by atoms with Crippen molar-refractivity contribution in [3.63, 3.8) is 0 Å². The molecule has 90 valence electrons. The molecule has 0 aromatic carbocycles. The molecule has 2 atom stereocenters. The Labute approximate surface area is 95.9 Å². The number of hydrogen-bond donors (Lipinski definition) is 2. The second-order valence-electron chi connectivity index (χ2n) is 4.06. The molecule has 4 nitrogen and oxygen atoms in total. The van der Waals surface area contributed by atoms with Gasteiger partial charge in [0.05, 0.1) is 19.3 Å². The minimum atomic E-state index is -0.793. The molecule has 0 radical (unpaired) electrons. The highest BCUT2D eigenvalue weighted by atomic mass is 16.5. The third-order valence-corrected chi connectivity index (χ3v) is 2.71. The summed E-state index contributed by atoms with van der Waals surface area (Å²) in [5.41, 5.74) is 2.65. The Morgan fingerprint density at radius 1 is 1.38 bits per heavy atom. The fourth-order valence-electron chi connectivity index (χ4n) is 1.65. The van der Waals surface area contributed by atoms with Gasteiger partial charge in [-0.05, 0) is 20.8 Å². The van der Waals surface area contributed by atoms with Crippen LogP contribution in [0.3, 0.4) is 0 Å². The first kappa shape index (κ1) is 12.9. The zero-order valence-electron chi connectivity index (χ0n) is 10.2. The number of aryl methyl sites for hydroxylation is 1. The van der Waals surface area contributed by atoms with Crippen molar-refractivity contribution in [1.82, 2.24) is 4.98 Å². The number of ether oxygens (including phenoxy) is 1. The summed E-state index contributed by atoms with van der Waals surface area (Å²) in [5, 5.41) is 18.9. The third kappa shape index (κ3) is 2.71. The molecule has 0 spiro atoms. The van der Waals surface area contributed by atoms with Crippen LogP contribution in [0.25, 0.3) is 0 Å². The number of rotatable bonds is 4. The van der Waals surface area contributed by atoms with E-state index in [1.54, 1.807) is 20.2 Å². The third-order valence-electron chi connectivity index (χ3n) is 2.71. The molecule has 4 heteroatoms. The Balaban J connectivity index is 2.98. The standard InChI is InChI=1S/C12H19NO3/c1-7-6-13-10(5-11(15)9(3)14)8(2)12(7)16-4/h6,9,11,14-15H,5H2,1-4H3. The van der Waals surface area contributed by atoms with Gasteiger partial charge >= 0.3 is 0 Å². The van der Waals surface area contributed by atoms with Crippen LogP contribution in [0.1, 0.15) is 23.7 Å². The minimum absolute atomic E-state index is 0.333. The summed E-state index contributed by atoms with van der Waals surface area (Å²) in [6.45, 7) is 5.39. The van der Waals surface area contributed by atoms with Crippen molar-refractivity contribution in [3.8, 4) is 5.75 Å². The van der Waals surface area contributed by atoms with Crippen molar-refractivity contribution in [2.45, 2.75) is 39.4 Å². The normalized spacial score (nSPS) is 14.6. The average molecular weight is 225 g/mol. The number of hydrogen-bond acceptors (Lipinski definition) is 4. The van der Waals surface area contributed by atoms with Crippen molar-refractivity contribution in [1.29, 1.82) is 0 Å². The van der Waals surface area contributed by atoms with Gasteiger partial charge in [-0.2, -0.15) is 0 Å². The van der Waals surface area contributed by atoms with Crippen molar-refractivity contribution in [2.75, 3.05) is 7.11 Å². The van der Waals surface area contributed by atoms with Crippen LogP contribution < -0.4 is 4.74 Å². The molecule has 0 saturated carbocycles. The van der Waals surface area contributed by atoms with E-state index >= 15 is 0 Å². The summed E-state index contributed by atoms with van der Waals surface area (Å²) < 4.78 is 5.27. The Hall–Kier alpha value is -1.13. The Morgan fingerprint density at radius 3 is 2.50 bits per heavy atom. The van der Waals surface area contributed by atoms with Gasteiger partial charge in [-0.15, -0.1) is 0 Å². The smallest absolute Gasteiger partial charge is 0.128 e. The lowest BCUT2D eigenvalue weighted by molar-refractivity contribution is 0.0312. The van der Waals surface area contributed by atoms with Gasteiger partial charge in [-0.25, -0.2) is 0 Å². The zero-order valence-corrected chi connectivity index (χ0v) is 10.2. The molecule has 0 fully saturated rings. The first-order valence-electron chi connectivity index (χ1n) is 5.32. The molecule has 2 N–H and O–H groups in total. The highest BCUT2D eigenvalue weighted by Gasteiger charge is 2.16. The molecule has 0 bridgehead atoms. The second kappa shape index (κ2) is 5.27. The van der Waals surface area contributed by atoms with E-state index in [2.05, 4.69) is 4.98 Å². The summed E-state index contributed by atoms with van der Waals surface area (Å²) in [6.07, 6.45) is 0.503. The molecule has 0 aliphatic heterocycles. The van der Waals surface area contributed by atoms with Crippen LogP contribution in [0.15, 0.2) is 6.20 Å². The zero-order chi connectivity index (χ0) is 12.3. The fraction of sp³-hybridized carbons (Fsp3) is 0.583. The molecular formula is C12H19NO3. The topological polar surface area (TPSA) is 62.6 Å². The first-order chi connectivity index (χ1) is 7.47. The fourth-order valence-corrected chi connectivity index (χ4v) is 1.65. The van der Waals surface area contributed by atoms with Crippen LogP contribution >= 0.6 is 0 Å². The number of aliphatic hydroxyl groups is 2. The average Bonchev–Trinajstić information content (AvgIpc) is 2.22. The van der Waals surface area contributed by atoms with E-state index in [0.717, 1.165) is 22.6 Å². The van der Waals surface area contributed by atoms with E-state index in [1.165, 1.54) is 0 Å². The van der Waals surface area contributed by atoms with Gasteiger partial charge in [-0.3, -0.25) is 4.98 Å². The van der Waals surface area contributed by atoms with Gasteiger partial charge in [0, 0.05) is 29.4 Å². The van der Waals surface area contributed by atoms with Crippen molar-refractivity contribution < 1.29 is 14.9 Å². The predicted octanol–water partition coefficient (Wildman–Crippen LogP) is 0.991. The monoisotopic (exact) mass is 225 g/mol. The van der Waals surface area contributed by atoms with E-state index < -0.39 is 12.2 Å². The van der Waals surface area contributed by atoms with Gasteiger partial charge in [-0.1, -0.05) is 0 Å². The molecule has 0 amide bonds. The van der Waals surface area contributed by atoms with E-state index in [4.69, 9.17) is 4.74 Å². The highest BCUT2D eigenvalue weighted by molar-refractivity contribution is 5.41. The van der Waals surface area contributed by atoms with Crippen LogP contribution in [0.2, 0.25) is 0 Å². The molecule has 1 heterocycles. The van der Waals surface area contributed by atoms with Gasteiger partial charge < -0.3 is 14.9 Å². The van der Waals surface area contributed by atoms with Gasteiger partial charge in [0.2, 0.25) is 0 Å². The summed E-state index contributed by atoms with van der Waals surface area (Å²) in [6, 6.07) is 0. The largest absolute Gasteiger partial charge is 0.496 e. The van der Waals surface area contributed by atoms with Crippen LogP contribution in [-0.4, -0.2) is 34.5 Å². The maximum atomic E-state index is 9.61. The van der Waals surface area contributed by atoms with E-state index in [0.29, 0.717) is 6.42 Å². The van der Waals surface area contributed by atoms with Gasteiger partial charge in [0.15, 0.2) is 0 Å². The number of methoxy groups -OCH3 is 1. The van der Waals surface area contributed by atoms with Gasteiger partial charge in [0.25, 0.3) is 0 Å². The number of pyridine rings is 1. The Morgan fingerprint density at radius 2 is 2.00 bits per heavy atom. The summed E-state index contributed by atoms with van der Waals surface area (Å²) >= 11 is 0. The van der Waals surface area contributed by atoms with E-state index in [-0.39, 0.29) is 0 Å². The van der Waals surface area contributed by atoms with Gasteiger partial charge in [0.1, 0.15) is 5.75 Å². The quantitative estimate of drug-likeness (QED) is 0.802. The predicted molar refractivity (Wildman–Crippen MR) is 61.7 cm³/mol. The molecule has 1 aromatic heterocycles. The van der Waals surface area contributed by atoms with Crippen molar-refractivity contribution in [3.05, 3.63) is 23.0 Å². The second-order valence-corrected chi connectivity index (χ2v) is 4.06. The number of nitrogens with zero attached hydrogens (tertiary/aromatic N) is 1. The van der Waals surface area contributed by atoms with Crippen LogP contribution in [0.4, 0.5) is 0 Å². The summed E-state index contributed by atoms with van der Waals surface area (Å²) in [7, 11) is 1.62. The molecule has 0 aliphatic rings. The van der Waals surface area contributed by atoms with E-state index in [9.17, 15) is 10.2 Å². The molecule has 16 heavy (non-hydrogen) atoms. The lowest BCUT2D eigenvalue weighted by Gasteiger charge is -2.16. The van der Waals surface area contributed by atoms with Crippen LogP contribution in [0, 0.1) is 13.8 Å². The Kier molecular flexibility index (Phi) is 4.26. The first-order valence-corrected chi connectivity index (χ1v) is 5.32. The molecule has 0 saturated heterocycles. The van der Waals surface area contributed by atoms with Crippen molar-refractivity contribution in [2.24, 2.45) is 0 Å². The molecule has 0 aliphatic carbocycles. The maximum Gasteiger partial charge on any atom is 0.128 e. The summed E-state index contributed by atoms with van der Waals surface area (Å²) in [4.78, 5) is 4.26. The highest BCUT2D eigenvalue weighted by Crippen LogP contribution is 2.24. The summed E-state index contributed by atoms with van der Waals surface area (Å²) in [5.74, 6) is 0.794. The lowest BCUT2D eigenvalue weighted by atomic mass is 10.0. The molecule has 2 unspecified atom stereocenters. The maximum absolute atomic E-state index is 9.61. The lowest BCUT2D eigenvalue weighted by Crippen LogP contribution is -2.25. The SMILES string of the molecule is COc1c(C)cnc(CC(O)C(C)O)c1C. The van der Waals surface area contributed by atoms with Crippen molar-refractivity contribution >= 4 is 0 Å². The van der Waals surface area contributed by atoms with Crippen LogP contribution in [-0.2, 0) is 6.42 Å². The Bertz CT molecular complexity index is 364. The van der Waals surface area contributed by atoms with Crippen LogP contribution in [0.5, 0.6) is 5.75 Å². The number of aromatic nitrogens is 1. The van der Waals surface area contributed by atoms with E-state index in [1.807, 2.05) is 13.8 Å². The number of aliphatic hydroxyl groups excluding tert-OH is 2. The molecule has 1 rings (SSSR count).